The molecule has 236 valence electrons. The number of fused-ring (bicyclic) bond motifs is 3. The number of esters is 1. The molecule has 0 radical (unpaired) electrons. The normalized spacial score (nSPS) is 16.8. The smallest absolute Gasteiger partial charge is 0.338 e. The van der Waals surface area contributed by atoms with Gasteiger partial charge in [0.25, 0.3) is 0 Å². The molecule has 0 N–H and O–H groups in total. The van der Waals surface area contributed by atoms with Gasteiger partial charge in [-0.2, -0.15) is 0 Å². The molecule has 4 nitrogen and oxygen atoms in total. The van der Waals surface area contributed by atoms with E-state index >= 15 is 0 Å². The molecule has 0 bridgehead atoms. The van der Waals surface area contributed by atoms with Crippen LogP contribution in [0.15, 0.2) is 133 Å². The minimum atomic E-state index is -0.885. The summed E-state index contributed by atoms with van der Waals surface area (Å²) in [7, 11) is 1.43. The minimum absolute atomic E-state index is 0.392. The number of anilines is 1. The summed E-state index contributed by atoms with van der Waals surface area (Å²) in [5.41, 5.74) is 9.37. The molecular formula is C44H37NO3. The Morgan fingerprint density at radius 3 is 1.98 bits per heavy atom. The van der Waals surface area contributed by atoms with Crippen LogP contribution in [0.25, 0.3) is 39.1 Å². The summed E-state index contributed by atoms with van der Waals surface area (Å²) < 4.78 is 12.5. The Kier molecular flexibility index (Phi) is 7.57. The van der Waals surface area contributed by atoms with Gasteiger partial charge in [0.1, 0.15) is 5.75 Å². The van der Waals surface area contributed by atoms with Gasteiger partial charge in [0.2, 0.25) is 0 Å². The fourth-order valence-electron chi connectivity index (χ4n) is 7.18. The first kappa shape index (κ1) is 29.8. The first-order valence-electron chi connectivity index (χ1n) is 16.7. The zero-order chi connectivity index (χ0) is 32.7. The molecule has 1 saturated heterocycles. The van der Waals surface area contributed by atoms with Gasteiger partial charge in [-0.25, -0.2) is 4.79 Å². The molecule has 1 fully saturated rings. The number of benzene rings is 6. The molecule has 0 aromatic heterocycles. The van der Waals surface area contributed by atoms with Crippen LogP contribution in [-0.2, 0) is 10.3 Å². The fourth-order valence-corrected chi connectivity index (χ4v) is 7.18. The third-order valence-corrected chi connectivity index (χ3v) is 9.86. The maximum Gasteiger partial charge on any atom is 0.338 e. The molecule has 2 aliphatic rings. The second-order valence-corrected chi connectivity index (χ2v) is 12.8. The number of methoxy groups -OCH3 is 1. The minimum Gasteiger partial charge on any atom is -0.472 e. The van der Waals surface area contributed by atoms with Crippen molar-refractivity contribution in [2.24, 2.45) is 0 Å². The molecule has 0 amide bonds. The highest BCUT2D eigenvalue weighted by molar-refractivity contribution is 6.05. The number of hydrogen-bond acceptors (Lipinski definition) is 4. The van der Waals surface area contributed by atoms with Crippen LogP contribution in [0.4, 0.5) is 5.69 Å². The van der Waals surface area contributed by atoms with Gasteiger partial charge in [0, 0.05) is 40.9 Å². The highest BCUT2D eigenvalue weighted by Crippen LogP contribution is 2.47. The van der Waals surface area contributed by atoms with Crippen molar-refractivity contribution in [2.75, 3.05) is 25.1 Å². The van der Waals surface area contributed by atoms with Gasteiger partial charge in [0.15, 0.2) is 5.60 Å². The summed E-state index contributed by atoms with van der Waals surface area (Å²) in [5.74, 6) is 0.278. The van der Waals surface area contributed by atoms with Gasteiger partial charge < -0.3 is 14.4 Å². The number of hydrogen-bond donors (Lipinski definition) is 0. The summed E-state index contributed by atoms with van der Waals surface area (Å²) in [6.45, 7) is 4.28. The lowest BCUT2D eigenvalue weighted by molar-refractivity contribution is 0.0599. The largest absolute Gasteiger partial charge is 0.472 e. The average Bonchev–Trinajstić information content (AvgIpc) is 3.70. The van der Waals surface area contributed by atoms with Gasteiger partial charge in [-0.3, -0.25) is 0 Å². The Morgan fingerprint density at radius 1 is 0.708 bits per heavy atom. The van der Waals surface area contributed by atoms with Crippen molar-refractivity contribution in [1.82, 2.24) is 0 Å². The summed E-state index contributed by atoms with van der Waals surface area (Å²) in [4.78, 5) is 15.7. The third kappa shape index (κ3) is 5.24. The van der Waals surface area contributed by atoms with Crippen molar-refractivity contribution in [3.63, 3.8) is 0 Å². The van der Waals surface area contributed by atoms with E-state index in [9.17, 15) is 4.79 Å². The summed E-state index contributed by atoms with van der Waals surface area (Å²) in [5, 5.41) is 1.85. The first-order chi connectivity index (χ1) is 23.5. The summed E-state index contributed by atoms with van der Waals surface area (Å²) in [6, 6.07) is 44.6. The van der Waals surface area contributed by atoms with E-state index in [1.165, 1.54) is 42.3 Å². The fraction of sp³-hybridized carbons (Fsp3) is 0.159. The predicted molar refractivity (Wildman–Crippen MR) is 196 cm³/mol. The molecule has 48 heavy (non-hydrogen) atoms. The van der Waals surface area contributed by atoms with Gasteiger partial charge in [-0.1, -0.05) is 109 Å². The molecule has 0 saturated carbocycles. The van der Waals surface area contributed by atoms with Crippen molar-refractivity contribution in [1.29, 1.82) is 0 Å². The zero-order valence-corrected chi connectivity index (χ0v) is 27.3. The molecule has 1 unspecified atom stereocenters. The van der Waals surface area contributed by atoms with Crippen LogP contribution in [0.1, 0.15) is 45.5 Å². The predicted octanol–water partition coefficient (Wildman–Crippen LogP) is 10.2. The van der Waals surface area contributed by atoms with Crippen LogP contribution in [0.5, 0.6) is 5.75 Å². The van der Waals surface area contributed by atoms with E-state index in [1.807, 2.05) is 30.3 Å². The number of carbonyl (C=O) groups is 1. The van der Waals surface area contributed by atoms with E-state index in [0.717, 1.165) is 51.7 Å². The summed E-state index contributed by atoms with van der Waals surface area (Å²) in [6.07, 6.45) is 6.57. The molecule has 4 heteroatoms. The Balaban J connectivity index is 1.23. The van der Waals surface area contributed by atoms with Crippen LogP contribution in [0.3, 0.4) is 0 Å². The van der Waals surface area contributed by atoms with Gasteiger partial charge in [-0.15, -0.1) is 0 Å². The van der Waals surface area contributed by atoms with E-state index < -0.39 is 11.6 Å². The number of aryl methyl sites for hydroxylation is 1. The Labute approximate surface area is 281 Å². The van der Waals surface area contributed by atoms with Crippen LogP contribution in [0.2, 0.25) is 0 Å². The van der Waals surface area contributed by atoms with E-state index in [1.54, 1.807) is 0 Å². The van der Waals surface area contributed by atoms with E-state index in [0.29, 0.717) is 11.3 Å². The Hall–Kier alpha value is -5.61. The van der Waals surface area contributed by atoms with Gasteiger partial charge >= 0.3 is 5.97 Å². The van der Waals surface area contributed by atoms with Crippen LogP contribution < -0.4 is 9.64 Å². The van der Waals surface area contributed by atoms with Gasteiger partial charge in [-0.05, 0) is 83.8 Å². The number of carbonyl (C=O) groups excluding carboxylic acids is 1. The second kappa shape index (κ2) is 12.2. The maximum absolute atomic E-state index is 13.2. The Morgan fingerprint density at radius 2 is 1.31 bits per heavy atom. The van der Waals surface area contributed by atoms with E-state index in [2.05, 4.69) is 121 Å². The van der Waals surface area contributed by atoms with Crippen molar-refractivity contribution in [3.8, 4) is 28.0 Å². The van der Waals surface area contributed by atoms with Crippen molar-refractivity contribution in [3.05, 3.63) is 161 Å². The van der Waals surface area contributed by atoms with Crippen LogP contribution in [0, 0.1) is 6.92 Å². The molecular weight excluding hydrogens is 590 g/mol. The number of ether oxygens (including phenoxy) is 2. The summed E-state index contributed by atoms with van der Waals surface area (Å²) >= 11 is 0. The van der Waals surface area contributed by atoms with Crippen LogP contribution >= 0.6 is 0 Å². The second-order valence-electron chi connectivity index (χ2n) is 12.8. The molecule has 0 aliphatic carbocycles. The van der Waals surface area contributed by atoms with Gasteiger partial charge in [0.05, 0.1) is 12.7 Å². The first-order valence-corrected chi connectivity index (χ1v) is 16.7. The number of nitrogens with zero attached hydrogens (tertiary/aromatic N) is 1. The number of rotatable bonds is 6. The molecule has 6 aromatic rings. The van der Waals surface area contributed by atoms with Crippen molar-refractivity contribution >= 4 is 28.5 Å². The standard InChI is InChI=1S/C44H37NO3/c1-30-10-12-31(13-11-30)32-14-16-33(17-15-32)34-18-23-39-35(28-34)29-41(43(46)47-2)40-24-25-44(48-42(39)40,36-8-4-3-5-9-36)37-19-21-38(22-20-37)45-26-6-7-27-45/h3-5,8-25,28-29H,6-7,26-27H2,1-2H3. The molecule has 6 aromatic carbocycles. The molecule has 2 heterocycles. The SMILES string of the molecule is COC(=O)c1cc2cc(-c3ccc(-c4ccc(C)cc4)cc3)ccc2c2c1C=CC(c1ccccc1)(c1ccc(N3CCCC3)cc1)O2. The zero-order valence-electron chi connectivity index (χ0n) is 27.3. The lowest BCUT2D eigenvalue weighted by atomic mass is 9.82. The molecule has 1 atom stereocenters. The molecule has 2 aliphatic heterocycles. The highest BCUT2D eigenvalue weighted by Gasteiger charge is 2.39. The highest BCUT2D eigenvalue weighted by atomic mass is 16.5. The lowest BCUT2D eigenvalue weighted by Crippen LogP contribution is -2.34. The lowest BCUT2D eigenvalue weighted by Gasteiger charge is -2.37. The molecule has 0 spiro atoms. The third-order valence-electron chi connectivity index (χ3n) is 9.86. The topological polar surface area (TPSA) is 38.8 Å². The van der Waals surface area contributed by atoms with E-state index in [4.69, 9.17) is 9.47 Å². The maximum atomic E-state index is 13.2. The molecule has 8 rings (SSSR count). The monoisotopic (exact) mass is 627 g/mol. The Bertz CT molecular complexity index is 2140. The van der Waals surface area contributed by atoms with Crippen LogP contribution in [-0.4, -0.2) is 26.2 Å². The van der Waals surface area contributed by atoms with E-state index in [-0.39, 0.29) is 0 Å². The average molecular weight is 628 g/mol. The quantitative estimate of drug-likeness (QED) is 0.172. The van der Waals surface area contributed by atoms with Crippen molar-refractivity contribution in [2.45, 2.75) is 25.4 Å². The van der Waals surface area contributed by atoms with Crippen molar-refractivity contribution < 1.29 is 14.3 Å².